The maximum absolute atomic E-state index is 13.7. The highest BCUT2D eigenvalue weighted by Crippen LogP contribution is 2.36. The first-order valence-electron chi connectivity index (χ1n) is 8.08. The third kappa shape index (κ3) is 2.91. The minimum absolute atomic E-state index is 0.266. The second-order valence-electron chi connectivity index (χ2n) is 5.57. The zero-order valence-corrected chi connectivity index (χ0v) is 14.5. The van der Waals surface area contributed by atoms with Gasteiger partial charge in [-0.2, -0.15) is 0 Å². The zero-order valence-electron chi connectivity index (χ0n) is 13.7. The van der Waals surface area contributed by atoms with Crippen molar-refractivity contribution in [3.05, 3.63) is 72.9 Å². The lowest BCUT2D eigenvalue weighted by molar-refractivity contribution is 0.627. The Labute approximate surface area is 149 Å². The van der Waals surface area contributed by atoms with Gasteiger partial charge in [-0.1, -0.05) is 43.3 Å². The third-order valence-electron chi connectivity index (χ3n) is 4.00. The fraction of sp³-hybridized carbons (Fsp3) is 0.100. The van der Waals surface area contributed by atoms with Crippen LogP contribution in [0.1, 0.15) is 6.92 Å². The number of fused-ring (bicyclic) bond motifs is 1. The van der Waals surface area contributed by atoms with Crippen molar-refractivity contribution in [3.8, 4) is 16.8 Å². The molecule has 2 heterocycles. The summed E-state index contributed by atoms with van der Waals surface area (Å²) in [5.41, 5.74) is 3.68. The number of hydrogen-bond donors (Lipinski definition) is 0. The lowest BCUT2D eigenvalue weighted by Gasteiger charge is -2.05. The van der Waals surface area contributed by atoms with Gasteiger partial charge in [0.05, 0.1) is 5.39 Å². The van der Waals surface area contributed by atoms with Crippen molar-refractivity contribution in [3.63, 3.8) is 0 Å². The average molecular weight is 349 g/mol. The average Bonchev–Trinajstić information content (AvgIpc) is 3.03. The number of benzene rings is 2. The monoisotopic (exact) mass is 349 g/mol. The highest BCUT2D eigenvalue weighted by Gasteiger charge is 2.17. The summed E-state index contributed by atoms with van der Waals surface area (Å²) in [5, 5.41) is 1.95. The van der Waals surface area contributed by atoms with Crippen molar-refractivity contribution in [2.45, 2.75) is 11.9 Å². The minimum atomic E-state index is -0.266. The number of aromatic nitrogens is 3. The second kappa shape index (κ2) is 6.69. The molecule has 124 valence electrons. The molecule has 0 unspecified atom stereocenters. The van der Waals surface area contributed by atoms with Crippen LogP contribution in [0.4, 0.5) is 4.39 Å². The Kier molecular flexibility index (Phi) is 4.24. The summed E-state index contributed by atoms with van der Waals surface area (Å²) in [5.74, 6) is 0.656. The molecule has 0 saturated heterocycles. The van der Waals surface area contributed by atoms with Crippen LogP contribution in [-0.2, 0) is 0 Å². The third-order valence-corrected chi connectivity index (χ3v) is 4.87. The van der Waals surface area contributed by atoms with Crippen molar-refractivity contribution in [2.24, 2.45) is 0 Å². The summed E-state index contributed by atoms with van der Waals surface area (Å²) in [6.45, 7) is 2.10. The van der Waals surface area contributed by atoms with Gasteiger partial charge in [0.1, 0.15) is 22.8 Å². The molecule has 25 heavy (non-hydrogen) atoms. The van der Waals surface area contributed by atoms with Crippen molar-refractivity contribution >= 4 is 22.8 Å². The molecule has 0 aliphatic rings. The molecular weight excluding hydrogens is 333 g/mol. The van der Waals surface area contributed by atoms with Crippen molar-refractivity contribution < 1.29 is 4.39 Å². The summed E-state index contributed by atoms with van der Waals surface area (Å²) in [6, 6.07) is 16.7. The van der Waals surface area contributed by atoms with Crippen LogP contribution < -0.4 is 0 Å². The summed E-state index contributed by atoms with van der Waals surface area (Å²) >= 11 is 1.69. The molecule has 0 saturated carbocycles. The van der Waals surface area contributed by atoms with Crippen LogP contribution in [0.25, 0.3) is 27.8 Å². The molecule has 4 aromatic rings. The molecule has 2 aromatic heterocycles. The molecule has 4 rings (SSSR count). The van der Waals surface area contributed by atoms with Gasteiger partial charge in [-0.15, -0.1) is 11.8 Å². The normalized spacial score (nSPS) is 11.1. The first kappa shape index (κ1) is 15.8. The molecule has 5 heteroatoms. The lowest BCUT2D eigenvalue weighted by Crippen LogP contribution is -1.95. The SMILES string of the molecule is CCSc1ncnc2c1c(-c1ccccc1)cn2-c1cccc(F)c1. The van der Waals surface area contributed by atoms with E-state index in [0.29, 0.717) is 0 Å². The Morgan fingerprint density at radius 2 is 1.88 bits per heavy atom. The molecule has 0 fully saturated rings. The molecular formula is C20H16FN3S. The number of halogens is 1. The van der Waals surface area contributed by atoms with Crippen LogP contribution in [0.3, 0.4) is 0 Å². The van der Waals surface area contributed by atoms with E-state index in [4.69, 9.17) is 0 Å². The Hall–Kier alpha value is -2.66. The molecule has 0 aliphatic carbocycles. The van der Waals surface area contributed by atoms with Crippen molar-refractivity contribution in [1.82, 2.24) is 14.5 Å². The summed E-state index contributed by atoms with van der Waals surface area (Å²) in [7, 11) is 0. The topological polar surface area (TPSA) is 30.7 Å². The maximum Gasteiger partial charge on any atom is 0.149 e. The van der Waals surface area contributed by atoms with Crippen LogP contribution in [0.15, 0.2) is 72.1 Å². The zero-order chi connectivity index (χ0) is 17.2. The highest BCUT2D eigenvalue weighted by atomic mass is 32.2. The maximum atomic E-state index is 13.7. The largest absolute Gasteiger partial charge is 0.300 e. The Morgan fingerprint density at radius 1 is 1.04 bits per heavy atom. The first-order chi connectivity index (χ1) is 12.3. The fourth-order valence-electron chi connectivity index (χ4n) is 2.94. The van der Waals surface area contributed by atoms with E-state index in [1.807, 2.05) is 35.0 Å². The molecule has 3 nitrogen and oxygen atoms in total. The van der Waals surface area contributed by atoms with Crippen molar-refractivity contribution in [1.29, 1.82) is 0 Å². The molecule has 0 atom stereocenters. The summed E-state index contributed by atoms with van der Waals surface area (Å²) in [4.78, 5) is 8.96. The molecule has 0 radical (unpaired) electrons. The number of hydrogen-bond acceptors (Lipinski definition) is 3. The number of rotatable bonds is 4. The van der Waals surface area contributed by atoms with Gasteiger partial charge in [0.2, 0.25) is 0 Å². The van der Waals surface area contributed by atoms with Gasteiger partial charge >= 0.3 is 0 Å². The summed E-state index contributed by atoms with van der Waals surface area (Å²) < 4.78 is 15.7. The van der Waals surface area contributed by atoms with E-state index in [9.17, 15) is 4.39 Å². The predicted octanol–water partition coefficient (Wildman–Crippen LogP) is 5.34. The van der Waals surface area contributed by atoms with E-state index in [0.717, 1.165) is 38.6 Å². The lowest BCUT2D eigenvalue weighted by atomic mass is 10.1. The van der Waals surface area contributed by atoms with E-state index in [2.05, 4.69) is 29.0 Å². The van der Waals surface area contributed by atoms with Gasteiger partial charge < -0.3 is 4.57 Å². The minimum Gasteiger partial charge on any atom is -0.300 e. The van der Waals surface area contributed by atoms with E-state index < -0.39 is 0 Å². The predicted molar refractivity (Wildman–Crippen MR) is 101 cm³/mol. The van der Waals surface area contributed by atoms with Crippen LogP contribution >= 0.6 is 11.8 Å². The van der Waals surface area contributed by atoms with E-state index >= 15 is 0 Å². The number of thioether (sulfide) groups is 1. The van der Waals surface area contributed by atoms with Gasteiger partial charge in [-0.3, -0.25) is 0 Å². The molecule has 2 aromatic carbocycles. The number of nitrogens with zero attached hydrogens (tertiary/aromatic N) is 3. The molecule has 0 spiro atoms. The quantitative estimate of drug-likeness (QED) is 0.368. The fourth-order valence-corrected chi connectivity index (χ4v) is 3.68. The van der Waals surface area contributed by atoms with Crippen LogP contribution in [-0.4, -0.2) is 20.3 Å². The van der Waals surface area contributed by atoms with Gasteiger partial charge in [0.15, 0.2) is 0 Å². The van der Waals surface area contributed by atoms with Gasteiger partial charge in [0.25, 0.3) is 0 Å². The van der Waals surface area contributed by atoms with E-state index in [1.54, 1.807) is 24.2 Å². The van der Waals surface area contributed by atoms with Gasteiger partial charge in [0, 0.05) is 17.4 Å². The molecule has 0 amide bonds. The Balaban J connectivity index is 2.04. The van der Waals surface area contributed by atoms with Gasteiger partial charge in [-0.05, 0) is 29.5 Å². The second-order valence-corrected chi connectivity index (χ2v) is 6.82. The molecule has 0 aliphatic heterocycles. The van der Waals surface area contributed by atoms with Crippen LogP contribution in [0.5, 0.6) is 0 Å². The molecule has 0 bridgehead atoms. The summed E-state index contributed by atoms with van der Waals surface area (Å²) in [6.07, 6.45) is 3.59. The van der Waals surface area contributed by atoms with E-state index in [-0.39, 0.29) is 5.82 Å². The Morgan fingerprint density at radius 3 is 2.64 bits per heavy atom. The van der Waals surface area contributed by atoms with Crippen molar-refractivity contribution in [2.75, 3.05) is 5.75 Å². The smallest absolute Gasteiger partial charge is 0.149 e. The van der Waals surface area contributed by atoms with Crippen LogP contribution in [0, 0.1) is 5.82 Å². The standard InChI is InChI=1S/C20H16FN3S/c1-2-25-20-18-17(14-7-4-3-5-8-14)12-24(19(18)22-13-23-20)16-10-6-9-15(21)11-16/h3-13H,2H2,1H3. The highest BCUT2D eigenvalue weighted by molar-refractivity contribution is 7.99. The first-order valence-corrected chi connectivity index (χ1v) is 9.06. The van der Waals surface area contributed by atoms with Gasteiger partial charge in [-0.25, -0.2) is 14.4 Å². The van der Waals surface area contributed by atoms with Crippen LogP contribution in [0.2, 0.25) is 0 Å². The Bertz CT molecular complexity index is 1030. The van der Waals surface area contributed by atoms with E-state index in [1.165, 1.54) is 12.1 Å². The molecule has 0 N–H and O–H groups in total.